The second-order valence-corrected chi connectivity index (χ2v) is 7.27. The first kappa shape index (κ1) is 15.9. The molecule has 0 saturated heterocycles. The van der Waals surface area contributed by atoms with Gasteiger partial charge in [-0.2, -0.15) is 0 Å². The fraction of sp³-hybridized carbons (Fsp3) is 0.750. The van der Waals surface area contributed by atoms with Crippen LogP contribution in [0.2, 0.25) is 0 Å². The minimum atomic E-state index is -0.0687. The van der Waals surface area contributed by atoms with E-state index >= 15 is 0 Å². The minimum absolute atomic E-state index is 0.0687. The molecule has 2 saturated carbocycles. The summed E-state index contributed by atoms with van der Waals surface area (Å²) >= 11 is 1.44. The summed E-state index contributed by atoms with van der Waals surface area (Å²) in [4.78, 5) is 16.7. The Bertz CT molecular complexity index is 525. The Balaban J connectivity index is 1.67. The van der Waals surface area contributed by atoms with E-state index in [2.05, 4.69) is 10.3 Å². The van der Waals surface area contributed by atoms with Crippen molar-refractivity contribution in [2.24, 2.45) is 11.1 Å². The SMILES string of the molecule is CCOC1CC(NC(=O)c2csc(CN)n2)C12CCCCC2. The van der Waals surface area contributed by atoms with Crippen LogP contribution in [0.4, 0.5) is 0 Å². The molecule has 2 fully saturated rings. The van der Waals surface area contributed by atoms with E-state index < -0.39 is 0 Å². The molecule has 1 amide bonds. The molecule has 1 aromatic rings. The number of hydrogen-bond donors (Lipinski definition) is 2. The zero-order chi connectivity index (χ0) is 15.6. The lowest BCUT2D eigenvalue weighted by Crippen LogP contribution is -2.65. The summed E-state index contributed by atoms with van der Waals surface area (Å²) in [5.41, 5.74) is 6.21. The van der Waals surface area contributed by atoms with Gasteiger partial charge < -0.3 is 15.8 Å². The summed E-state index contributed by atoms with van der Waals surface area (Å²) in [7, 11) is 0. The molecule has 0 bridgehead atoms. The van der Waals surface area contributed by atoms with Gasteiger partial charge in [0, 0.05) is 30.0 Å². The number of carbonyl (C=O) groups excluding carboxylic acids is 1. The number of ether oxygens (including phenoxy) is 1. The van der Waals surface area contributed by atoms with E-state index in [1.807, 2.05) is 6.92 Å². The van der Waals surface area contributed by atoms with Crippen LogP contribution in [0.25, 0.3) is 0 Å². The van der Waals surface area contributed by atoms with Gasteiger partial charge in [-0.3, -0.25) is 4.79 Å². The van der Waals surface area contributed by atoms with E-state index in [0.717, 1.165) is 30.9 Å². The van der Waals surface area contributed by atoms with E-state index in [-0.39, 0.29) is 17.4 Å². The molecule has 2 aliphatic carbocycles. The summed E-state index contributed by atoms with van der Waals surface area (Å²) in [6.07, 6.45) is 7.33. The fourth-order valence-electron chi connectivity index (χ4n) is 4.01. The zero-order valence-electron chi connectivity index (χ0n) is 13.1. The third-order valence-electron chi connectivity index (χ3n) is 5.20. The number of aromatic nitrogens is 1. The van der Waals surface area contributed by atoms with Crippen LogP contribution in [-0.4, -0.2) is 29.6 Å². The quantitative estimate of drug-likeness (QED) is 0.872. The van der Waals surface area contributed by atoms with E-state index in [1.54, 1.807) is 5.38 Å². The molecule has 0 aromatic carbocycles. The predicted octanol–water partition coefficient (Wildman–Crippen LogP) is 2.46. The molecule has 6 heteroatoms. The highest BCUT2D eigenvalue weighted by molar-refractivity contribution is 7.09. The van der Waals surface area contributed by atoms with Gasteiger partial charge in [0.15, 0.2) is 0 Å². The van der Waals surface area contributed by atoms with Crippen molar-refractivity contribution in [3.8, 4) is 0 Å². The molecule has 2 aliphatic rings. The number of hydrogen-bond acceptors (Lipinski definition) is 5. The van der Waals surface area contributed by atoms with Crippen molar-refractivity contribution >= 4 is 17.2 Å². The maximum Gasteiger partial charge on any atom is 0.271 e. The second kappa shape index (κ2) is 6.64. The van der Waals surface area contributed by atoms with Crippen LogP contribution in [0, 0.1) is 5.41 Å². The third-order valence-corrected chi connectivity index (χ3v) is 6.07. The number of carbonyl (C=O) groups is 1. The number of amides is 1. The van der Waals surface area contributed by atoms with Gasteiger partial charge in [-0.15, -0.1) is 11.3 Å². The van der Waals surface area contributed by atoms with Crippen LogP contribution >= 0.6 is 11.3 Å². The molecule has 2 atom stereocenters. The maximum absolute atomic E-state index is 12.4. The molecule has 2 unspecified atom stereocenters. The molecular weight excluding hydrogens is 298 g/mol. The molecule has 1 aromatic heterocycles. The molecule has 1 heterocycles. The van der Waals surface area contributed by atoms with Crippen molar-refractivity contribution in [2.75, 3.05) is 6.61 Å². The van der Waals surface area contributed by atoms with Gasteiger partial charge in [0.05, 0.1) is 6.10 Å². The zero-order valence-corrected chi connectivity index (χ0v) is 14.0. The first-order valence-corrected chi connectivity index (χ1v) is 9.14. The second-order valence-electron chi connectivity index (χ2n) is 6.33. The van der Waals surface area contributed by atoms with Gasteiger partial charge >= 0.3 is 0 Å². The third kappa shape index (κ3) is 2.79. The Labute approximate surface area is 135 Å². The lowest BCUT2D eigenvalue weighted by Gasteiger charge is -2.57. The van der Waals surface area contributed by atoms with Crippen molar-refractivity contribution in [2.45, 2.75) is 64.1 Å². The van der Waals surface area contributed by atoms with Crippen molar-refractivity contribution < 1.29 is 9.53 Å². The fourth-order valence-corrected chi connectivity index (χ4v) is 4.66. The summed E-state index contributed by atoms with van der Waals surface area (Å²) in [5, 5.41) is 5.80. The van der Waals surface area contributed by atoms with E-state index in [4.69, 9.17) is 10.5 Å². The van der Waals surface area contributed by atoms with Gasteiger partial charge in [0.1, 0.15) is 10.7 Å². The Morgan fingerprint density at radius 2 is 2.27 bits per heavy atom. The molecule has 0 aliphatic heterocycles. The van der Waals surface area contributed by atoms with Crippen LogP contribution < -0.4 is 11.1 Å². The summed E-state index contributed by atoms with van der Waals surface area (Å²) in [5.74, 6) is -0.0687. The Kier molecular flexibility index (Phi) is 4.80. The van der Waals surface area contributed by atoms with Crippen LogP contribution in [0.15, 0.2) is 5.38 Å². The number of nitrogens with two attached hydrogens (primary N) is 1. The number of thiazole rings is 1. The first-order valence-electron chi connectivity index (χ1n) is 8.26. The Morgan fingerprint density at radius 1 is 1.50 bits per heavy atom. The molecule has 3 N–H and O–H groups in total. The summed E-state index contributed by atoms with van der Waals surface area (Å²) in [6, 6.07) is 0.222. The van der Waals surface area contributed by atoms with Crippen molar-refractivity contribution in [1.82, 2.24) is 10.3 Å². The van der Waals surface area contributed by atoms with Crippen LogP contribution in [0.1, 0.15) is 60.9 Å². The molecule has 22 heavy (non-hydrogen) atoms. The lowest BCUT2D eigenvalue weighted by molar-refractivity contribution is -0.146. The lowest BCUT2D eigenvalue weighted by atomic mass is 9.55. The molecule has 122 valence electrons. The standard InChI is InChI=1S/C16H25N3O2S/c1-2-21-13-8-12(16(13)6-4-3-5-7-16)19-15(20)11-10-22-14(9-17)18-11/h10,12-13H,2-9,17H2,1H3,(H,19,20). The Morgan fingerprint density at radius 3 is 2.91 bits per heavy atom. The summed E-state index contributed by atoms with van der Waals surface area (Å²) < 4.78 is 5.93. The van der Waals surface area contributed by atoms with E-state index in [9.17, 15) is 4.79 Å². The molecule has 1 spiro atoms. The normalized spacial score (nSPS) is 26.6. The number of nitrogens with one attached hydrogen (secondary N) is 1. The maximum atomic E-state index is 12.4. The van der Waals surface area contributed by atoms with Gasteiger partial charge in [-0.1, -0.05) is 19.3 Å². The smallest absolute Gasteiger partial charge is 0.271 e. The van der Waals surface area contributed by atoms with Crippen molar-refractivity contribution in [3.05, 3.63) is 16.1 Å². The molecular formula is C16H25N3O2S. The monoisotopic (exact) mass is 323 g/mol. The van der Waals surface area contributed by atoms with E-state index in [1.165, 1.54) is 30.6 Å². The van der Waals surface area contributed by atoms with Crippen molar-refractivity contribution in [3.63, 3.8) is 0 Å². The molecule has 3 rings (SSSR count). The number of nitrogens with zero attached hydrogens (tertiary/aromatic N) is 1. The van der Waals surface area contributed by atoms with Crippen LogP contribution in [0.5, 0.6) is 0 Å². The first-order chi connectivity index (χ1) is 10.7. The minimum Gasteiger partial charge on any atom is -0.378 e. The topological polar surface area (TPSA) is 77.2 Å². The predicted molar refractivity (Wildman–Crippen MR) is 86.8 cm³/mol. The largest absolute Gasteiger partial charge is 0.378 e. The van der Waals surface area contributed by atoms with Gasteiger partial charge in [0.25, 0.3) is 5.91 Å². The van der Waals surface area contributed by atoms with E-state index in [0.29, 0.717) is 18.3 Å². The van der Waals surface area contributed by atoms with Gasteiger partial charge in [-0.25, -0.2) is 4.98 Å². The highest BCUT2D eigenvalue weighted by Gasteiger charge is 2.56. The van der Waals surface area contributed by atoms with Crippen LogP contribution in [0.3, 0.4) is 0 Å². The summed E-state index contributed by atoms with van der Waals surface area (Å²) in [6.45, 7) is 3.18. The van der Waals surface area contributed by atoms with Gasteiger partial charge in [0.2, 0.25) is 0 Å². The highest BCUT2D eigenvalue weighted by atomic mass is 32.1. The average molecular weight is 323 g/mol. The molecule has 5 nitrogen and oxygen atoms in total. The Hall–Kier alpha value is -0.980. The van der Waals surface area contributed by atoms with Crippen LogP contribution in [-0.2, 0) is 11.3 Å². The van der Waals surface area contributed by atoms with Gasteiger partial charge in [-0.05, 0) is 26.2 Å². The molecule has 0 radical (unpaired) electrons. The number of rotatable bonds is 5. The van der Waals surface area contributed by atoms with Crippen molar-refractivity contribution in [1.29, 1.82) is 0 Å². The highest BCUT2D eigenvalue weighted by Crippen LogP contribution is 2.53. The average Bonchev–Trinajstić information content (AvgIpc) is 3.04.